The largest absolute Gasteiger partial charge is 0.495 e. The smallest absolute Gasteiger partial charge is 0.138 e. The highest BCUT2D eigenvalue weighted by atomic mass is 35.5. The van der Waals surface area contributed by atoms with E-state index in [0.717, 1.165) is 22.4 Å². The Morgan fingerprint density at radius 3 is 2.35 bits per heavy atom. The Kier molecular flexibility index (Phi) is 3.25. The van der Waals surface area contributed by atoms with Crippen molar-refractivity contribution in [1.82, 2.24) is 0 Å². The number of hydrogen-bond acceptors (Lipinski definition) is 2. The summed E-state index contributed by atoms with van der Waals surface area (Å²) in [6.45, 7) is 1.99. The molecule has 0 saturated heterocycles. The number of nitrogens with two attached hydrogens (primary N) is 1. The van der Waals surface area contributed by atoms with Crippen molar-refractivity contribution in [1.29, 1.82) is 0 Å². The highest BCUT2D eigenvalue weighted by Crippen LogP contribution is 2.31. The van der Waals surface area contributed by atoms with Crippen LogP contribution in [0.3, 0.4) is 0 Å². The Morgan fingerprint density at radius 2 is 1.71 bits per heavy atom. The van der Waals surface area contributed by atoms with E-state index in [2.05, 4.69) is 0 Å². The predicted molar refractivity (Wildman–Crippen MR) is 72.6 cm³/mol. The summed E-state index contributed by atoms with van der Waals surface area (Å²) in [5.41, 5.74) is 9.87. The summed E-state index contributed by atoms with van der Waals surface area (Å²) < 4.78 is 5.20. The molecule has 0 heterocycles. The molecule has 0 aromatic heterocycles. The van der Waals surface area contributed by atoms with Gasteiger partial charge in [-0.1, -0.05) is 29.8 Å². The zero-order valence-corrected chi connectivity index (χ0v) is 10.6. The molecule has 2 N–H and O–H groups in total. The number of nitrogen functional groups attached to an aromatic ring is 1. The number of aryl methyl sites for hydroxylation is 1. The number of halogens is 1. The first-order valence-electron chi connectivity index (χ1n) is 5.32. The van der Waals surface area contributed by atoms with Crippen molar-refractivity contribution in [2.45, 2.75) is 6.92 Å². The SMILES string of the molecule is COc1cc(-c2ccc(C)c(N)c2)ccc1Cl. The quantitative estimate of drug-likeness (QED) is 0.817. The Hall–Kier alpha value is -1.67. The monoisotopic (exact) mass is 247 g/mol. The van der Waals surface area contributed by atoms with Crippen molar-refractivity contribution in [3.8, 4) is 16.9 Å². The molecule has 88 valence electrons. The van der Waals surface area contributed by atoms with Gasteiger partial charge in [0.15, 0.2) is 0 Å². The Bertz CT molecular complexity index is 552. The van der Waals surface area contributed by atoms with Crippen molar-refractivity contribution >= 4 is 17.3 Å². The molecular weight excluding hydrogens is 234 g/mol. The van der Waals surface area contributed by atoms with E-state index in [1.165, 1.54) is 0 Å². The number of anilines is 1. The second-order valence-corrected chi connectivity index (χ2v) is 4.33. The number of rotatable bonds is 2. The van der Waals surface area contributed by atoms with Crippen molar-refractivity contribution in [3.63, 3.8) is 0 Å². The third-order valence-corrected chi connectivity index (χ3v) is 3.08. The van der Waals surface area contributed by atoms with E-state index < -0.39 is 0 Å². The minimum absolute atomic E-state index is 0.608. The van der Waals surface area contributed by atoms with Crippen LogP contribution in [0, 0.1) is 6.92 Å². The van der Waals surface area contributed by atoms with Gasteiger partial charge in [-0.05, 0) is 41.8 Å². The van der Waals surface area contributed by atoms with Crippen LogP contribution in [-0.2, 0) is 0 Å². The number of benzene rings is 2. The van der Waals surface area contributed by atoms with Crippen LogP contribution in [0.5, 0.6) is 5.75 Å². The lowest BCUT2D eigenvalue weighted by Gasteiger charge is -2.08. The van der Waals surface area contributed by atoms with Crippen LogP contribution >= 0.6 is 11.6 Å². The van der Waals surface area contributed by atoms with E-state index in [1.54, 1.807) is 7.11 Å². The van der Waals surface area contributed by atoms with Crippen LogP contribution in [0.1, 0.15) is 5.56 Å². The molecular formula is C14H14ClNO. The normalized spacial score (nSPS) is 10.3. The first kappa shape index (κ1) is 11.8. The topological polar surface area (TPSA) is 35.2 Å². The first-order valence-corrected chi connectivity index (χ1v) is 5.69. The van der Waals surface area contributed by atoms with E-state index in [1.807, 2.05) is 43.3 Å². The molecule has 2 aromatic rings. The van der Waals surface area contributed by atoms with Gasteiger partial charge >= 0.3 is 0 Å². The van der Waals surface area contributed by atoms with Crippen LogP contribution in [0.4, 0.5) is 5.69 Å². The van der Waals surface area contributed by atoms with E-state index in [-0.39, 0.29) is 0 Å². The minimum atomic E-state index is 0.608. The molecule has 2 nitrogen and oxygen atoms in total. The van der Waals surface area contributed by atoms with Gasteiger partial charge in [-0.2, -0.15) is 0 Å². The van der Waals surface area contributed by atoms with Crippen molar-refractivity contribution in [3.05, 3.63) is 47.0 Å². The van der Waals surface area contributed by atoms with Gasteiger partial charge in [0, 0.05) is 5.69 Å². The molecule has 0 atom stereocenters. The van der Waals surface area contributed by atoms with Crippen LogP contribution in [-0.4, -0.2) is 7.11 Å². The standard InChI is InChI=1S/C14H14ClNO/c1-9-3-4-10(7-13(9)16)11-5-6-12(15)14(8-11)17-2/h3-8H,16H2,1-2H3. The van der Waals surface area contributed by atoms with Gasteiger partial charge in [0.1, 0.15) is 5.75 Å². The minimum Gasteiger partial charge on any atom is -0.495 e. The molecule has 2 rings (SSSR count). The Balaban J connectivity index is 2.49. The highest BCUT2D eigenvalue weighted by molar-refractivity contribution is 6.32. The summed E-state index contributed by atoms with van der Waals surface area (Å²) >= 11 is 5.99. The zero-order chi connectivity index (χ0) is 12.4. The van der Waals surface area contributed by atoms with E-state index in [4.69, 9.17) is 22.1 Å². The summed E-state index contributed by atoms with van der Waals surface area (Å²) in [6, 6.07) is 11.7. The van der Waals surface area contributed by atoms with Crippen molar-refractivity contribution in [2.24, 2.45) is 0 Å². The lowest BCUT2D eigenvalue weighted by molar-refractivity contribution is 0.415. The van der Waals surface area contributed by atoms with Gasteiger partial charge in [-0.25, -0.2) is 0 Å². The fourth-order valence-electron chi connectivity index (χ4n) is 1.66. The molecule has 0 radical (unpaired) electrons. The molecule has 2 aromatic carbocycles. The predicted octanol–water partition coefficient (Wildman–Crippen LogP) is 3.91. The molecule has 0 amide bonds. The number of ether oxygens (including phenoxy) is 1. The third kappa shape index (κ3) is 2.37. The van der Waals surface area contributed by atoms with E-state index in [0.29, 0.717) is 10.8 Å². The van der Waals surface area contributed by atoms with E-state index >= 15 is 0 Å². The first-order chi connectivity index (χ1) is 8.11. The van der Waals surface area contributed by atoms with Gasteiger partial charge in [-0.15, -0.1) is 0 Å². The molecule has 0 spiro atoms. The maximum atomic E-state index is 5.99. The molecule has 0 fully saturated rings. The maximum absolute atomic E-state index is 5.99. The van der Waals surface area contributed by atoms with E-state index in [9.17, 15) is 0 Å². The zero-order valence-electron chi connectivity index (χ0n) is 9.83. The van der Waals surface area contributed by atoms with Crippen molar-refractivity contribution < 1.29 is 4.74 Å². The Labute approximate surface area is 106 Å². The fourth-order valence-corrected chi connectivity index (χ4v) is 1.85. The summed E-state index contributed by atoms with van der Waals surface area (Å²) in [5, 5.41) is 0.608. The summed E-state index contributed by atoms with van der Waals surface area (Å²) in [4.78, 5) is 0. The Morgan fingerprint density at radius 1 is 1.06 bits per heavy atom. The van der Waals surface area contributed by atoms with Gasteiger partial charge in [0.25, 0.3) is 0 Å². The summed E-state index contributed by atoms with van der Waals surface area (Å²) in [7, 11) is 1.61. The number of methoxy groups -OCH3 is 1. The van der Waals surface area contributed by atoms with Gasteiger partial charge in [-0.3, -0.25) is 0 Å². The second-order valence-electron chi connectivity index (χ2n) is 3.92. The molecule has 0 aliphatic carbocycles. The second kappa shape index (κ2) is 4.68. The van der Waals surface area contributed by atoms with Crippen LogP contribution in [0.2, 0.25) is 5.02 Å². The fraction of sp³-hybridized carbons (Fsp3) is 0.143. The molecule has 0 aliphatic heterocycles. The van der Waals surface area contributed by atoms with Crippen LogP contribution < -0.4 is 10.5 Å². The highest BCUT2D eigenvalue weighted by Gasteiger charge is 2.05. The molecule has 3 heteroatoms. The lowest BCUT2D eigenvalue weighted by Crippen LogP contribution is -1.90. The maximum Gasteiger partial charge on any atom is 0.138 e. The summed E-state index contributed by atoms with van der Waals surface area (Å²) in [6.07, 6.45) is 0. The average Bonchev–Trinajstić information content (AvgIpc) is 2.33. The van der Waals surface area contributed by atoms with Crippen LogP contribution in [0.15, 0.2) is 36.4 Å². The molecule has 17 heavy (non-hydrogen) atoms. The van der Waals surface area contributed by atoms with Gasteiger partial charge in [0.2, 0.25) is 0 Å². The molecule has 0 aliphatic rings. The molecule has 0 bridgehead atoms. The van der Waals surface area contributed by atoms with Gasteiger partial charge in [0.05, 0.1) is 12.1 Å². The number of hydrogen-bond donors (Lipinski definition) is 1. The van der Waals surface area contributed by atoms with Crippen LogP contribution in [0.25, 0.3) is 11.1 Å². The molecule has 0 saturated carbocycles. The lowest BCUT2D eigenvalue weighted by atomic mass is 10.0. The third-order valence-electron chi connectivity index (χ3n) is 2.76. The average molecular weight is 248 g/mol. The van der Waals surface area contributed by atoms with Gasteiger partial charge < -0.3 is 10.5 Å². The van der Waals surface area contributed by atoms with Crippen molar-refractivity contribution in [2.75, 3.05) is 12.8 Å². The molecule has 0 unspecified atom stereocenters. The summed E-state index contributed by atoms with van der Waals surface area (Å²) in [5.74, 6) is 0.670.